The van der Waals surface area contributed by atoms with Gasteiger partial charge in [0.15, 0.2) is 11.6 Å². The highest BCUT2D eigenvalue weighted by molar-refractivity contribution is 5.99. The number of aromatic nitrogens is 1. The molecule has 1 unspecified atom stereocenters. The molecule has 0 saturated heterocycles. The van der Waals surface area contributed by atoms with Crippen LogP contribution in [0.5, 0.6) is 5.75 Å². The lowest BCUT2D eigenvalue weighted by Crippen LogP contribution is -2.30. The molecule has 0 radical (unpaired) electrons. The van der Waals surface area contributed by atoms with Gasteiger partial charge in [-0.2, -0.15) is 0 Å². The normalized spacial score (nSPS) is 14.4. The van der Waals surface area contributed by atoms with Crippen LogP contribution in [-0.4, -0.2) is 20.9 Å². The Kier molecular flexibility index (Phi) is 3.87. The van der Waals surface area contributed by atoms with E-state index in [0.29, 0.717) is 17.8 Å². The van der Waals surface area contributed by atoms with Crippen molar-refractivity contribution in [3.8, 4) is 5.75 Å². The van der Waals surface area contributed by atoms with Gasteiger partial charge in [-0.15, -0.1) is 0 Å². The van der Waals surface area contributed by atoms with E-state index in [4.69, 9.17) is 0 Å². The zero-order valence-corrected chi connectivity index (χ0v) is 15.2. The van der Waals surface area contributed by atoms with Gasteiger partial charge in [-0.3, -0.25) is 4.79 Å². The van der Waals surface area contributed by atoms with Crippen molar-refractivity contribution in [3.05, 3.63) is 101 Å². The van der Waals surface area contributed by atoms with Crippen molar-refractivity contribution >= 4 is 16.8 Å². The summed E-state index contributed by atoms with van der Waals surface area (Å²) >= 11 is 0. The Morgan fingerprint density at radius 2 is 1.69 bits per heavy atom. The molecule has 1 aliphatic heterocycles. The lowest BCUT2D eigenvalue weighted by Gasteiger charge is -2.28. The summed E-state index contributed by atoms with van der Waals surface area (Å²) in [7, 11) is 0. The summed E-state index contributed by atoms with van der Waals surface area (Å²) in [6.45, 7) is 0.299. The minimum atomic E-state index is -1.14. The van der Waals surface area contributed by atoms with Crippen LogP contribution in [0.2, 0.25) is 0 Å². The first kappa shape index (κ1) is 17.4. The largest absolute Gasteiger partial charge is 0.507 e. The SMILES string of the molecule is O=C1c2ccccc2CN1C(c1cc2ccccc2[nH]1)c1cc(F)c(F)cc1O. The number of carbonyl (C=O) groups excluding carboxylic acids is 1. The molecule has 3 aromatic carbocycles. The number of halogens is 2. The van der Waals surface area contributed by atoms with E-state index in [-0.39, 0.29) is 11.5 Å². The van der Waals surface area contributed by atoms with Crippen LogP contribution in [0.3, 0.4) is 0 Å². The fourth-order valence-electron chi connectivity index (χ4n) is 4.00. The molecule has 0 aliphatic carbocycles. The molecule has 1 aromatic heterocycles. The van der Waals surface area contributed by atoms with Crippen molar-refractivity contribution in [2.24, 2.45) is 0 Å². The number of aromatic amines is 1. The van der Waals surface area contributed by atoms with Gasteiger partial charge in [0.1, 0.15) is 11.8 Å². The maximum atomic E-state index is 14.1. The number of phenols is 1. The molecule has 0 saturated carbocycles. The lowest BCUT2D eigenvalue weighted by atomic mass is 10.00. The van der Waals surface area contributed by atoms with Crippen molar-refractivity contribution in [3.63, 3.8) is 0 Å². The number of benzene rings is 3. The van der Waals surface area contributed by atoms with E-state index in [0.717, 1.165) is 28.6 Å². The summed E-state index contributed by atoms with van der Waals surface area (Å²) in [6.07, 6.45) is 0. The smallest absolute Gasteiger partial charge is 0.255 e. The van der Waals surface area contributed by atoms with Crippen molar-refractivity contribution in [1.82, 2.24) is 9.88 Å². The molecule has 0 bridgehead atoms. The maximum absolute atomic E-state index is 14.1. The molecular weight excluding hydrogens is 374 g/mol. The summed E-state index contributed by atoms with van der Waals surface area (Å²) in [5, 5.41) is 11.3. The Labute approximate surface area is 165 Å². The van der Waals surface area contributed by atoms with Gasteiger partial charge in [0.05, 0.1) is 0 Å². The predicted octanol–water partition coefficient (Wildman–Crippen LogP) is 4.90. The molecule has 2 N–H and O–H groups in total. The summed E-state index contributed by atoms with van der Waals surface area (Å²) in [4.78, 5) is 17.9. The summed E-state index contributed by atoms with van der Waals surface area (Å²) in [5.41, 5.74) is 2.99. The third-order valence-electron chi connectivity index (χ3n) is 5.37. The fourth-order valence-corrected chi connectivity index (χ4v) is 4.00. The predicted molar refractivity (Wildman–Crippen MR) is 104 cm³/mol. The third kappa shape index (κ3) is 2.76. The fraction of sp³-hybridized carbons (Fsp3) is 0.0870. The van der Waals surface area contributed by atoms with E-state index >= 15 is 0 Å². The number of nitrogens with one attached hydrogen (secondary N) is 1. The Hall–Kier alpha value is -3.67. The third-order valence-corrected chi connectivity index (χ3v) is 5.37. The highest BCUT2D eigenvalue weighted by Gasteiger charge is 2.36. The van der Waals surface area contributed by atoms with E-state index in [9.17, 15) is 18.7 Å². The first-order valence-corrected chi connectivity index (χ1v) is 9.17. The molecule has 29 heavy (non-hydrogen) atoms. The number of para-hydroxylation sites is 1. The van der Waals surface area contributed by atoms with E-state index in [1.165, 1.54) is 0 Å². The summed E-state index contributed by atoms with van der Waals surface area (Å²) in [6, 6.07) is 17.6. The van der Waals surface area contributed by atoms with E-state index in [1.807, 2.05) is 42.5 Å². The van der Waals surface area contributed by atoms with Gasteiger partial charge in [0.2, 0.25) is 0 Å². The number of amides is 1. The Morgan fingerprint density at radius 3 is 2.48 bits per heavy atom. The molecule has 0 fully saturated rings. The highest BCUT2D eigenvalue weighted by atomic mass is 19.2. The monoisotopic (exact) mass is 390 g/mol. The van der Waals surface area contributed by atoms with Crippen molar-refractivity contribution in [2.75, 3.05) is 0 Å². The van der Waals surface area contributed by atoms with E-state index in [2.05, 4.69) is 4.98 Å². The first-order chi connectivity index (χ1) is 14.0. The Morgan fingerprint density at radius 1 is 0.966 bits per heavy atom. The van der Waals surface area contributed by atoms with Gasteiger partial charge >= 0.3 is 0 Å². The van der Waals surface area contributed by atoms with Crippen LogP contribution in [0.1, 0.15) is 33.2 Å². The zero-order chi connectivity index (χ0) is 20.1. The van der Waals surface area contributed by atoms with Crippen LogP contribution in [0.25, 0.3) is 10.9 Å². The van der Waals surface area contributed by atoms with Crippen LogP contribution in [-0.2, 0) is 6.54 Å². The zero-order valence-electron chi connectivity index (χ0n) is 15.2. The number of phenolic OH excluding ortho intramolecular Hbond substituents is 1. The van der Waals surface area contributed by atoms with E-state index in [1.54, 1.807) is 17.0 Å². The van der Waals surface area contributed by atoms with Gasteiger partial charge in [0, 0.05) is 34.9 Å². The van der Waals surface area contributed by atoms with Crippen LogP contribution < -0.4 is 0 Å². The molecule has 2 heterocycles. The molecule has 144 valence electrons. The number of hydrogen-bond acceptors (Lipinski definition) is 2. The second kappa shape index (κ2) is 6.44. The summed E-state index contributed by atoms with van der Waals surface area (Å²) in [5.74, 6) is -2.86. The molecular formula is C23H16F2N2O2. The molecule has 4 aromatic rings. The van der Waals surface area contributed by atoms with Crippen LogP contribution in [0.4, 0.5) is 8.78 Å². The number of carbonyl (C=O) groups is 1. The highest BCUT2D eigenvalue weighted by Crippen LogP contribution is 2.40. The average Bonchev–Trinajstić information content (AvgIpc) is 3.28. The molecule has 0 spiro atoms. The second-order valence-electron chi connectivity index (χ2n) is 7.13. The van der Waals surface area contributed by atoms with Gasteiger partial charge in [-0.1, -0.05) is 36.4 Å². The van der Waals surface area contributed by atoms with Gasteiger partial charge in [-0.05, 0) is 35.2 Å². The topological polar surface area (TPSA) is 56.3 Å². The van der Waals surface area contributed by atoms with Crippen molar-refractivity contribution < 1.29 is 18.7 Å². The molecule has 5 rings (SSSR count). The van der Waals surface area contributed by atoms with Crippen LogP contribution in [0.15, 0.2) is 66.7 Å². The quantitative estimate of drug-likeness (QED) is 0.523. The number of aromatic hydroxyl groups is 1. The van der Waals surface area contributed by atoms with Crippen LogP contribution >= 0.6 is 0 Å². The Bertz CT molecular complexity index is 1230. The first-order valence-electron chi connectivity index (χ1n) is 9.17. The number of H-pyrrole nitrogens is 1. The minimum absolute atomic E-state index is 0.122. The minimum Gasteiger partial charge on any atom is -0.507 e. The van der Waals surface area contributed by atoms with Crippen molar-refractivity contribution in [1.29, 1.82) is 0 Å². The molecule has 1 amide bonds. The molecule has 6 heteroatoms. The molecule has 4 nitrogen and oxygen atoms in total. The number of hydrogen-bond donors (Lipinski definition) is 2. The molecule has 1 atom stereocenters. The van der Waals surface area contributed by atoms with Gasteiger partial charge < -0.3 is 15.0 Å². The van der Waals surface area contributed by atoms with Gasteiger partial charge in [-0.25, -0.2) is 8.78 Å². The molecule has 1 aliphatic rings. The Balaban J connectivity index is 1.70. The maximum Gasteiger partial charge on any atom is 0.255 e. The van der Waals surface area contributed by atoms with E-state index < -0.39 is 23.4 Å². The number of fused-ring (bicyclic) bond motifs is 2. The van der Waals surface area contributed by atoms with Gasteiger partial charge in [0.25, 0.3) is 5.91 Å². The number of rotatable bonds is 3. The number of nitrogens with zero attached hydrogens (tertiary/aromatic N) is 1. The van der Waals surface area contributed by atoms with Crippen LogP contribution in [0, 0.1) is 11.6 Å². The second-order valence-corrected chi connectivity index (χ2v) is 7.13. The standard InChI is InChI=1S/C23H16F2N2O2/c24-17-10-16(21(28)11-18(17)25)22(20-9-13-5-2-4-8-19(13)26-20)27-12-14-6-1-3-7-15(14)23(27)29/h1-11,22,26,28H,12H2. The summed E-state index contributed by atoms with van der Waals surface area (Å²) < 4.78 is 27.7. The lowest BCUT2D eigenvalue weighted by molar-refractivity contribution is 0.0726. The average molecular weight is 390 g/mol. The van der Waals surface area contributed by atoms with Crippen molar-refractivity contribution in [2.45, 2.75) is 12.6 Å².